The van der Waals surface area contributed by atoms with E-state index in [-0.39, 0.29) is 11.6 Å². The number of amides is 3. The fraction of sp³-hybridized carbons (Fsp3) is 0.143. The first-order chi connectivity index (χ1) is 13.9. The standard InChI is InChI=1S/C21H21N5O3/c1-13-18(14(2)26(25-13)17-7-5-4-6-8-17)19(27)20(28)23-15-9-11-16(12-10-15)24-21(29)22-3/h4-12H,1-3H3,(H,23,28)(H2,22,24,29). The van der Waals surface area contributed by atoms with E-state index in [0.717, 1.165) is 5.69 Å². The van der Waals surface area contributed by atoms with Crippen molar-refractivity contribution in [1.82, 2.24) is 15.1 Å². The monoisotopic (exact) mass is 391 g/mol. The minimum absolute atomic E-state index is 0.282. The highest BCUT2D eigenvalue weighted by Gasteiger charge is 2.25. The smallest absolute Gasteiger partial charge is 0.318 e. The van der Waals surface area contributed by atoms with E-state index in [2.05, 4.69) is 21.0 Å². The maximum atomic E-state index is 12.8. The van der Waals surface area contributed by atoms with Crippen LogP contribution in [0.15, 0.2) is 54.6 Å². The predicted molar refractivity (Wildman–Crippen MR) is 111 cm³/mol. The number of anilines is 2. The number of hydrogen-bond donors (Lipinski definition) is 3. The van der Waals surface area contributed by atoms with Gasteiger partial charge in [-0.2, -0.15) is 5.10 Å². The summed E-state index contributed by atoms with van der Waals surface area (Å²) < 4.78 is 1.65. The average Bonchev–Trinajstić information content (AvgIpc) is 3.03. The van der Waals surface area contributed by atoms with E-state index in [0.29, 0.717) is 22.8 Å². The third-order valence-corrected chi connectivity index (χ3v) is 4.35. The molecule has 0 radical (unpaired) electrons. The second-order valence-corrected chi connectivity index (χ2v) is 6.36. The van der Waals surface area contributed by atoms with E-state index in [4.69, 9.17) is 0 Å². The van der Waals surface area contributed by atoms with Crippen molar-refractivity contribution >= 4 is 29.1 Å². The van der Waals surface area contributed by atoms with Crippen LogP contribution in [0.2, 0.25) is 0 Å². The molecule has 0 aliphatic rings. The second-order valence-electron chi connectivity index (χ2n) is 6.36. The van der Waals surface area contributed by atoms with Gasteiger partial charge in [0.05, 0.1) is 22.6 Å². The van der Waals surface area contributed by atoms with Crippen LogP contribution in [0.5, 0.6) is 0 Å². The lowest BCUT2D eigenvalue weighted by atomic mass is 10.1. The number of nitrogens with zero attached hydrogens (tertiary/aromatic N) is 2. The Labute approximate surface area is 167 Å². The number of ketones is 1. The Morgan fingerprint density at radius 3 is 2.03 bits per heavy atom. The van der Waals surface area contributed by atoms with E-state index in [9.17, 15) is 14.4 Å². The first-order valence-electron chi connectivity index (χ1n) is 8.97. The Morgan fingerprint density at radius 1 is 0.862 bits per heavy atom. The van der Waals surface area contributed by atoms with E-state index in [1.165, 1.54) is 7.05 Å². The number of benzene rings is 2. The summed E-state index contributed by atoms with van der Waals surface area (Å²) >= 11 is 0. The van der Waals surface area contributed by atoms with Gasteiger partial charge in [-0.05, 0) is 50.2 Å². The van der Waals surface area contributed by atoms with Crippen molar-refractivity contribution in [2.45, 2.75) is 13.8 Å². The molecule has 8 heteroatoms. The summed E-state index contributed by atoms with van der Waals surface area (Å²) in [6, 6.07) is 15.5. The molecule has 8 nitrogen and oxygen atoms in total. The van der Waals surface area contributed by atoms with Crippen LogP contribution in [-0.4, -0.2) is 34.5 Å². The largest absolute Gasteiger partial charge is 0.341 e. The number of aromatic nitrogens is 2. The van der Waals surface area contributed by atoms with Gasteiger partial charge < -0.3 is 16.0 Å². The zero-order valence-corrected chi connectivity index (χ0v) is 16.3. The van der Waals surface area contributed by atoms with Gasteiger partial charge in [0.1, 0.15) is 0 Å². The third-order valence-electron chi connectivity index (χ3n) is 4.35. The van der Waals surface area contributed by atoms with Gasteiger partial charge in [-0.1, -0.05) is 18.2 Å². The number of nitrogens with one attached hydrogen (secondary N) is 3. The number of urea groups is 1. The molecule has 2 aromatic carbocycles. The van der Waals surface area contributed by atoms with Gasteiger partial charge >= 0.3 is 6.03 Å². The molecule has 148 valence electrons. The van der Waals surface area contributed by atoms with Gasteiger partial charge in [-0.15, -0.1) is 0 Å². The summed E-state index contributed by atoms with van der Waals surface area (Å²) in [7, 11) is 1.51. The number of carbonyl (C=O) groups excluding carboxylic acids is 3. The Hall–Kier alpha value is -3.94. The number of carbonyl (C=O) groups is 3. The minimum Gasteiger partial charge on any atom is -0.341 e. The molecular formula is C21H21N5O3. The molecule has 0 fully saturated rings. The van der Waals surface area contributed by atoms with Crippen LogP contribution in [0, 0.1) is 13.8 Å². The molecule has 3 N–H and O–H groups in total. The number of hydrogen-bond acceptors (Lipinski definition) is 4. The molecule has 29 heavy (non-hydrogen) atoms. The Balaban J connectivity index is 1.76. The summed E-state index contributed by atoms with van der Waals surface area (Å²) in [5.41, 5.74) is 3.17. The van der Waals surface area contributed by atoms with Crippen molar-refractivity contribution in [3.8, 4) is 5.69 Å². The Kier molecular flexibility index (Phi) is 5.73. The van der Waals surface area contributed by atoms with Crippen LogP contribution < -0.4 is 16.0 Å². The number of Topliss-reactive ketones (excluding diaryl/α,β-unsaturated/α-hetero) is 1. The lowest BCUT2D eigenvalue weighted by molar-refractivity contribution is -0.112. The zero-order chi connectivity index (χ0) is 21.0. The van der Waals surface area contributed by atoms with Crippen molar-refractivity contribution in [3.05, 3.63) is 71.5 Å². The van der Waals surface area contributed by atoms with Gasteiger partial charge in [0.15, 0.2) is 0 Å². The Bertz CT molecular complexity index is 1060. The molecule has 0 atom stereocenters. The van der Waals surface area contributed by atoms with Crippen molar-refractivity contribution < 1.29 is 14.4 Å². The van der Waals surface area contributed by atoms with Gasteiger partial charge in [-0.25, -0.2) is 9.48 Å². The lowest BCUT2D eigenvalue weighted by Gasteiger charge is -2.08. The van der Waals surface area contributed by atoms with Gasteiger partial charge in [-0.3, -0.25) is 9.59 Å². The quantitative estimate of drug-likeness (QED) is 0.459. The molecule has 0 aliphatic carbocycles. The summed E-state index contributed by atoms with van der Waals surface area (Å²) in [5, 5.41) is 12.1. The highest BCUT2D eigenvalue weighted by Crippen LogP contribution is 2.20. The summed E-state index contributed by atoms with van der Waals surface area (Å²) in [4.78, 5) is 36.6. The first kappa shape index (κ1) is 19.8. The molecule has 0 spiro atoms. The van der Waals surface area contributed by atoms with Crippen molar-refractivity contribution in [2.75, 3.05) is 17.7 Å². The molecule has 0 unspecified atom stereocenters. The van der Waals surface area contributed by atoms with Crippen LogP contribution in [0.3, 0.4) is 0 Å². The van der Waals surface area contributed by atoms with Gasteiger partial charge in [0, 0.05) is 18.4 Å². The third kappa shape index (κ3) is 4.32. The van der Waals surface area contributed by atoms with Crippen LogP contribution >= 0.6 is 0 Å². The van der Waals surface area contributed by atoms with Crippen LogP contribution in [0.4, 0.5) is 16.2 Å². The van der Waals surface area contributed by atoms with Gasteiger partial charge in [0.2, 0.25) is 0 Å². The van der Waals surface area contributed by atoms with E-state index < -0.39 is 11.7 Å². The molecule has 3 amide bonds. The average molecular weight is 391 g/mol. The Morgan fingerprint density at radius 2 is 1.45 bits per heavy atom. The fourth-order valence-corrected chi connectivity index (χ4v) is 2.92. The number of aryl methyl sites for hydroxylation is 1. The lowest BCUT2D eigenvalue weighted by Crippen LogP contribution is -2.25. The molecule has 3 aromatic rings. The van der Waals surface area contributed by atoms with Crippen molar-refractivity contribution in [2.24, 2.45) is 0 Å². The van der Waals surface area contributed by atoms with Crippen LogP contribution in [-0.2, 0) is 4.79 Å². The molecule has 3 rings (SSSR count). The highest BCUT2D eigenvalue weighted by atomic mass is 16.2. The molecule has 0 aliphatic heterocycles. The fourth-order valence-electron chi connectivity index (χ4n) is 2.92. The normalized spacial score (nSPS) is 10.3. The molecule has 1 aromatic heterocycles. The second kappa shape index (κ2) is 8.39. The van der Waals surface area contributed by atoms with Crippen LogP contribution in [0.25, 0.3) is 5.69 Å². The molecule has 0 bridgehead atoms. The number of rotatable bonds is 5. The minimum atomic E-state index is -0.754. The summed E-state index contributed by atoms with van der Waals surface area (Å²) in [6.45, 7) is 3.46. The number of para-hydroxylation sites is 1. The van der Waals surface area contributed by atoms with Crippen molar-refractivity contribution in [3.63, 3.8) is 0 Å². The van der Waals surface area contributed by atoms with E-state index in [1.807, 2.05) is 30.3 Å². The molecule has 1 heterocycles. The van der Waals surface area contributed by atoms with E-state index >= 15 is 0 Å². The van der Waals surface area contributed by atoms with Crippen molar-refractivity contribution in [1.29, 1.82) is 0 Å². The molecule has 0 saturated carbocycles. The zero-order valence-electron chi connectivity index (χ0n) is 16.3. The molecule has 0 saturated heterocycles. The summed E-state index contributed by atoms with van der Waals surface area (Å²) in [5.74, 6) is -1.41. The predicted octanol–water partition coefficient (Wildman–Crippen LogP) is 3.06. The van der Waals surface area contributed by atoms with Gasteiger partial charge in [0.25, 0.3) is 11.7 Å². The SMILES string of the molecule is CNC(=O)Nc1ccc(NC(=O)C(=O)c2c(C)nn(-c3ccccc3)c2C)cc1. The van der Waals surface area contributed by atoms with E-state index in [1.54, 1.807) is 42.8 Å². The maximum Gasteiger partial charge on any atom is 0.318 e. The molecular weight excluding hydrogens is 370 g/mol. The maximum absolute atomic E-state index is 12.8. The summed E-state index contributed by atoms with van der Waals surface area (Å²) in [6.07, 6.45) is 0. The first-order valence-corrected chi connectivity index (χ1v) is 8.97. The topological polar surface area (TPSA) is 105 Å². The highest BCUT2D eigenvalue weighted by molar-refractivity contribution is 6.47. The van der Waals surface area contributed by atoms with Crippen LogP contribution in [0.1, 0.15) is 21.7 Å².